The Labute approximate surface area is 326 Å². The van der Waals surface area contributed by atoms with Gasteiger partial charge in [-0.2, -0.15) is 0 Å². The fourth-order valence-electron chi connectivity index (χ4n) is 8.83. The van der Waals surface area contributed by atoms with E-state index in [2.05, 4.69) is 124 Å². The predicted octanol–water partition coefficient (Wildman–Crippen LogP) is 11.2. The van der Waals surface area contributed by atoms with E-state index < -0.39 is 0 Å². The standard InChI is InChI=1S/C51H33N5O/c1-4-16-32(17-5-1)49-52-50(33-18-6-2-7-19-33)54-51(53-49)34-28-45(48-38-24-12-15-27-46(38)57-47(48)29-34)56-42-26-14-11-23-37(42)40-30-43-39(31-44(40)56)36-22-10-13-25-41(36)55(43)35-20-8-3-9-21-35/h1-11,13-14,16-31H,12,15H2. The summed E-state index contributed by atoms with van der Waals surface area (Å²) in [6, 6.07) is 57.5. The first-order valence-electron chi connectivity index (χ1n) is 19.4. The number of fused-ring (bicyclic) bond motifs is 9. The molecule has 0 aliphatic heterocycles. The summed E-state index contributed by atoms with van der Waals surface area (Å²) in [6.07, 6.45) is 6.45. The molecule has 57 heavy (non-hydrogen) atoms. The molecule has 6 heteroatoms. The number of benzene rings is 7. The van der Waals surface area contributed by atoms with Gasteiger partial charge < -0.3 is 13.6 Å². The Morgan fingerprint density at radius 3 is 1.56 bits per heavy atom. The Balaban J connectivity index is 1.20. The molecule has 0 fully saturated rings. The van der Waals surface area contributed by atoms with Gasteiger partial charge in [0.05, 0.1) is 33.1 Å². The van der Waals surface area contributed by atoms with Crippen molar-refractivity contribution in [3.8, 4) is 45.5 Å². The fourth-order valence-corrected chi connectivity index (χ4v) is 8.83. The van der Waals surface area contributed by atoms with Gasteiger partial charge >= 0.3 is 0 Å². The third-order valence-electron chi connectivity index (χ3n) is 11.4. The third kappa shape index (κ3) is 4.94. The largest absolute Gasteiger partial charge is 0.456 e. The molecule has 0 bridgehead atoms. The van der Waals surface area contributed by atoms with Crippen LogP contribution >= 0.6 is 0 Å². The van der Waals surface area contributed by atoms with E-state index in [0.717, 1.165) is 73.5 Å². The van der Waals surface area contributed by atoms with E-state index in [1.165, 1.54) is 32.6 Å². The van der Waals surface area contributed by atoms with Crippen LogP contribution in [0.15, 0.2) is 168 Å². The van der Waals surface area contributed by atoms with Gasteiger partial charge in [-0.1, -0.05) is 121 Å². The topological polar surface area (TPSA) is 61.7 Å². The normalized spacial score (nSPS) is 12.7. The van der Waals surface area contributed by atoms with Crippen LogP contribution in [0.5, 0.6) is 0 Å². The number of furan rings is 1. The molecule has 0 N–H and O–H groups in total. The highest BCUT2D eigenvalue weighted by atomic mass is 16.3. The number of hydrogen-bond donors (Lipinski definition) is 0. The maximum absolute atomic E-state index is 6.75. The Kier molecular flexibility index (Phi) is 6.95. The highest BCUT2D eigenvalue weighted by molar-refractivity contribution is 6.19. The summed E-state index contributed by atoms with van der Waals surface area (Å²) in [7, 11) is 0. The average molecular weight is 732 g/mol. The summed E-state index contributed by atoms with van der Waals surface area (Å²) >= 11 is 0. The predicted molar refractivity (Wildman–Crippen MR) is 232 cm³/mol. The molecule has 268 valence electrons. The third-order valence-corrected chi connectivity index (χ3v) is 11.4. The zero-order valence-corrected chi connectivity index (χ0v) is 30.8. The lowest BCUT2D eigenvalue weighted by molar-refractivity contribution is 0.572. The van der Waals surface area contributed by atoms with Crippen LogP contribution in [-0.4, -0.2) is 24.1 Å². The van der Waals surface area contributed by atoms with Crippen molar-refractivity contribution in [3.05, 3.63) is 174 Å². The smallest absolute Gasteiger partial charge is 0.164 e. The van der Waals surface area contributed by atoms with Gasteiger partial charge in [-0.25, -0.2) is 15.0 Å². The molecular weight excluding hydrogens is 699 g/mol. The van der Waals surface area contributed by atoms with E-state index >= 15 is 0 Å². The summed E-state index contributed by atoms with van der Waals surface area (Å²) < 4.78 is 11.6. The summed E-state index contributed by atoms with van der Waals surface area (Å²) in [5.41, 5.74) is 11.2. The first-order valence-corrected chi connectivity index (χ1v) is 19.4. The molecule has 0 saturated heterocycles. The van der Waals surface area contributed by atoms with Crippen molar-refractivity contribution in [2.24, 2.45) is 0 Å². The van der Waals surface area contributed by atoms with Crippen molar-refractivity contribution in [1.29, 1.82) is 0 Å². The molecule has 1 aliphatic rings. The minimum atomic E-state index is 0.585. The molecule has 0 spiro atoms. The van der Waals surface area contributed by atoms with Crippen molar-refractivity contribution in [1.82, 2.24) is 24.1 Å². The minimum Gasteiger partial charge on any atom is -0.456 e. The van der Waals surface area contributed by atoms with Crippen LogP contribution in [0, 0.1) is 0 Å². The molecule has 11 aromatic rings. The Morgan fingerprint density at radius 2 is 0.930 bits per heavy atom. The lowest BCUT2D eigenvalue weighted by Crippen LogP contribution is -2.22. The number of rotatable bonds is 5. The SMILES string of the molecule is C1=c2oc3cc(-c4nc(-c5ccccc5)nc(-c5ccccc5)n4)cc(-n4c5ccccc5c5cc6c(cc54)c4ccccc4n6-c4ccccc4)c3c2=CCC1. The van der Waals surface area contributed by atoms with Crippen LogP contribution in [-0.2, 0) is 0 Å². The van der Waals surface area contributed by atoms with E-state index in [-0.39, 0.29) is 0 Å². The molecule has 4 aromatic heterocycles. The lowest BCUT2D eigenvalue weighted by Gasteiger charge is -2.13. The molecule has 1 aliphatic carbocycles. The molecule has 4 heterocycles. The van der Waals surface area contributed by atoms with Gasteiger partial charge in [-0.3, -0.25) is 0 Å². The summed E-state index contributed by atoms with van der Waals surface area (Å²) in [5, 5.41) is 7.00. The minimum absolute atomic E-state index is 0.585. The van der Waals surface area contributed by atoms with Crippen molar-refractivity contribution < 1.29 is 4.42 Å². The zero-order chi connectivity index (χ0) is 37.5. The van der Waals surface area contributed by atoms with E-state index in [1.54, 1.807) is 0 Å². The highest BCUT2D eigenvalue weighted by Gasteiger charge is 2.23. The molecule has 0 radical (unpaired) electrons. The zero-order valence-electron chi connectivity index (χ0n) is 30.8. The molecule has 6 nitrogen and oxygen atoms in total. The van der Waals surface area contributed by atoms with Crippen LogP contribution in [0.2, 0.25) is 0 Å². The first-order chi connectivity index (χ1) is 28.3. The van der Waals surface area contributed by atoms with E-state index in [0.29, 0.717) is 17.5 Å². The average Bonchev–Trinajstić information content (AvgIpc) is 3.93. The van der Waals surface area contributed by atoms with Gasteiger partial charge in [0, 0.05) is 49.1 Å². The molecule has 0 amide bonds. The maximum atomic E-state index is 6.75. The quantitative estimate of drug-likeness (QED) is 0.177. The van der Waals surface area contributed by atoms with Gasteiger partial charge in [0.2, 0.25) is 0 Å². The Morgan fingerprint density at radius 1 is 0.421 bits per heavy atom. The summed E-state index contributed by atoms with van der Waals surface area (Å²) in [4.78, 5) is 15.3. The van der Waals surface area contributed by atoms with Crippen molar-refractivity contribution in [3.63, 3.8) is 0 Å². The molecular formula is C51H33N5O. The second-order valence-electron chi connectivity index (χ2n) is 14.7. The second kappa shape index (κ2) is 12.5. The second-order valence-corrected chi connectivity index (χ2v) is 14.7. The number of aromatic nitrogens is 5. The molecule has 12 rings (SSSR count). The Hall–Kier alpha value is -7.57. The monoisotopic (exact) mass is 731 g/mol. The first kappa shape index (κ1) is 31.7. The lowest BCUT2D eigenvalue weighted by atomic mass is 10.0. The maximum Gasteiger partial charge on any atom is 0.164 e. The molecule has 0 saturated carbocycles. The van der Waals surface area contributed by atoms with Gasteiger partial charge in [0.15, 0.2) is 17.5 Å². The molecule has 7 aromatic carbocycles. The Bertz CT molecular complexity index is 3450. The molecule has 0 unspecified atom stereocenters. The van der Waals surface area contributed by atoms with Crippen LogP contribution in [0.3, 0.4) is 0 Å². The van der Waals surface area contributed by atoms with Crippen LogP contribution in [0.1, 0.15) is 12.8 Å². The van der Waals surface area contributed by atoms with Crippen LogP contribution in [0.25, 0.3) is 112 Å². The summed E-state index contributed by atoms with van der Waals surface area (Å²) in [6.45, 7) is 0. The fraction of sp³-hybridized carbons (Fsp3) is 0.0392. The van der Waals surface area contributed by atoms with Gasteiger partial charge in [-0.05, 0) is 67.4 Å². The van der Waals surface area contributed by atoms with Gasteiger partial charge in [0.25, 0.3) is 0 Å². The van der Waals surface area contributed by atoms with Gasteiger partial charge in [-0.15, -0.1) is 0 Å². The number of nitrogens with zero attached hydrogens (tertiary/aromatic N) is 5. The van der Waals surface area contributed by atoms with Crippen LogP contribution in [0.4, 0.5) is 0 Å². The van der Waals surface area contributed by atoms with Gasteiger partial charge in [0.1, 0.15) is 11.0 Å². The summed E-state index contributed by atoms with van der Waals surface area (Å²) in [5.74, 6) is 1.83. The van der Waals surface area contributed by atoms with Crippen molar-refractivity contribution >= 4 is 66.7 Å². The molecule has 0 atom stereocenters. The van der Waals surface area contributed by atoms with Crippen molar-refractivity contribution in [2.45, 2.75) is 12.8 Å². The van der Waals surface area contributed by atoms with Crippen molar-refractivity contribution in [2.75, 3.05) is 0 Å². The number of hydrogen-bond acceptors (Lipinski definition) is 4. The highest BCUT2D eigenvalue weighted by Crippen LogP contribution is 2.41. The van der Waals surface area contributed by atoms with E-state index in [1.807, 2.05) is 60.7 Å². The van der Waals surface area contributed by atoms with E-state index in [4.69, 9.17) is 19.4 Å². The van der Waals surface area contributed by atoms with Crippen LogP contribution < -0.4 is 10.6 Å². The number of para-hydroxylation sites is 3. The van der Waals surface area contributed by atoms with E-state index in [9.17, 15) is 0 Å².